The first-order chi connectivity index (χ1) is 8.19. The summed E-state index contributed by atoms with van der Waals surface area (Å²) in [6.45, 7) is 5.47. The summed E-state index contributed by atoms with van der Waals surface area (Å²) >= 11 is 2.03. The molecule has 0 aliphatic carbocycles. The van der Waals surface area contributed by atoms with Gasteiger partial charge in [-0.1, -0.05) is 6.92 Å². The molecule has 1 rings (SSSR count). The summed E-state index contributed by atoms with van der Waals surface area (Å²) in [6.07, 6.45) is 3.93. The third kappa shape index (κ3) is 5.16. The molecule has 1 aliphatic rings. The molecule has 4 heteroatoms. The zero-order valence-electron chi connectivity index (χ0n) is 11.7. The van der Waals surface area contributed by atoms with E-state index in [1.807, 2.05) is 11.8 Å². The van der Waals surface area contributed by atoms with Crippen LogP contribution in [0.25, 0.3) is 0 Å². The molecule has 0 radical (unpaired) electrons. The minimum Gasteiger partial charge on any atom is -0.329 e. The Kier molecular flexibility index (Phi) is 7.51. The van der Waals surface area contributed by atoms with Crippen molar-refractivity contribution in [2.45, 2.75) is 38.3 Å². The van der Waals surface area contributed by atoms with E-state index in [-0.39, 0.29) is 0 Å². The van der Waals surface area contributed by atoms with Gasteiger partial charge >= 0.3 is 0 Å². The maximum Gasteiger partial charge on any atom is 0.0229 e. The second-order valence-electron chi connectivity index (χ2n) is 5.17. The van der Waals surface area contributed by atoms with Crippen LogP contribution in [-0.2, 0) is 0 Å². The van der Waals surface area contributed by atoms with Gasteiger partial charge in [0, 0.05) is 25.2 Å². The molecule has 0 aromatic carbocycles. The zero-order valence-corrected chi connectivity index (χ0v) is 12.5. The standard InChI is InChI=1S/C13H29N3S/c1-4-17-9-7-12(10-14)16-8-5-6-13(16)11-15(2)3/h12-13H,4-11,14H2,1-3H3. The lowest BCUT2D eigenvalue weighted by molar-refractivity contribution is 0.153. The van der Waals surface area contributed by atoms with Crippen molar-refractivity contribution >= 4 is 11.8 Å². The van der Waals surface area contributed by atoms with Gasteiger partial charge in [0.1, 0.15) is 0 Å². The van der Waals surface area contributed by atoms with Crippen molar-refractivity contribution in [2.24, 2.45) is 5.73 Å². The van der Waals surface area contributed by atoms with Crippen molar-refractivity contribution in [3.63, 3.8) is 0 Å². The van der Waals surface area contributed by atoms with Gasteiger partial charge in [0.05, 0.1) is 0 Å². The van der Waals surface area contributed by atoms with Gasteiger partial charge in [-0.3, -0.25) is 4.90 Å². The molecule has 2 N–H and O–H groups in total. The van der Waals surface area contributed by atoms with Crippen molar-refractivity contribution in [1.82, 2.24) is 9.80 Å². The molecule has 1 heterocycles. The SMILES string of the molecule is CCSCCC(CN)N1CCCC1CN(C)C. The van der Waals surface area contributed by atoms with Gasteiger partial charge in [0.15, 0.2) is 0 Å². The highest BCUT2D eigenvalue weighted by Gasteiger charge is 2.29. The van der Waals surface area contributed by atoms with Crippen molar-refractivity contribution in [1.29, 1.82) is 0 Å². The fourth-order valence-corrected chi connectivity index (χ4v) is 3.47. The Bertz CT molecular complexity index is 199. The predicted octanol–water partition coefficient (Wildman–Crippen LogP) is 1.48. The molecule has 0 bridgehead atoms. The number of rotatable bonds is 8. The predicted molar refractivity (Wildman–Crippen MR) is 78.7 cm³/mol. The summed E-state index contributed by atoms with van der Waals surface area (Å²) in [4.78, 5) is 4.97. The Morgan fingerprint density at radius 2 is 2.24 bits per heavy atom. The topological polar surface area (TPSA) is 32.5 Å². The average Bonchev–Trinajstić information content (AvgIpc) is 2.72. The molecule has 0 spiro atoms. The summed E-state index contributed by atoms with van der Waals surface area (Å²) in [5, 5.41) is 0. The van der Waals surface area contributed by atoms with Crippen molar-refractivity contribution in [2.75, 3.05) is 45.2 Å². The first-order valence-corrected chi connectivity index (χ1v) is 8.02. The van der Waals surface area contributed by atoms with E-state index in [1.54, 1.807) is 0 Å². The van der Waals surface area contributed by atoms with Gasteiger partial charge in [-0.15, -0.1) is 0 Å². The van der Waals surface area contributed by atoms with Crippen LogP contribution in [0.4, 0.5) is 0 Å². The normalized spacial score (nSPS) is 23.5. The molecule has 0 saturated carbocycles. The summed E-state index contributed by atoms with van der Waals surface area (Å²) in [6, 6.07) is 1.33. The number of hydrogen-bond donors (Lipinski definition) is 1. The Morgan fingerprint density at radius 1 is 1.47 bits per heavy atom. The third-order valence-corrected chi connectivity index (χ3v) is 4.47. The smallest absolute Gasteiger partial charge is 0.0229 e. The number of nitrogens with two attached hydrogens (primary N) is 1. The molecule has 1 saturated heterocycles. The van der Waals surface area contributed by atoms with Gasteiger partial charge in [-0.05, 0) is 51.4 Å². The van der Waals surface area contributed by atoms with Gasteiger partial charge in [0.25, 0.3) is 0 Å². The molecular formula is C13H29N3S. The van der Waals surface area contributed by atoms with E-state index >= 15 is 0 Å². The minimum absolute atomic E-state index is 0.599. The highest BCUT2D eigenvalue weighted by molar-refractivity contribution is 7.99. The van der Waals surface area contributed by atoms with Crippen LogP contribution < -0.4 is 5.73 Å². The highest BCUT2D eigenvalue weighted by Crippen LogP contribution is 2.22. The van der Waals surface area contributed by atoms with E-state index in [0.29, 0.717) is 6.04 Å². The van der Waals surface area contributed by atoms with E-state index in [9.17, 15) is 0 Å². The summed E-state index contributed by atoms with van der Waals surface area (Å²) in [5.41, 5.74) is 5.96. The van der Waals surface area contributed by atoms with Crippen molar-refractivity contribution < 1.29 is 0 Å². The van der Waals surface area contributed by atoms with Crippen LogP contribution in [0, 0.1) is 0 Å². The minimum atomic E-state index is 0.599. The number of thioether (sulfide) groups is 1. The molecule has 17 heavy (non-hydrogen) atoms. The van der Waals surface area contributed by atoms with Crippen LogP contribution in [0.15, 0.2) is 0 Å². The molecule has 2 atom stereocenters. The van der Waals surface area contributed by atoms with Crippen LogP contribution in [0.2, 0.25) is 0 Å². The fourth-order valence-electron chi connectivity index (χ4n) is 2.74. The summed E-state index contributed by atoms with van der Waals surface area (Å²) in [7, 11) is 4.34. The first-order valence-electron chi connectivity index (χ1n) is 6.87. The first kappa shape index (κ1) is 15.3. The van der Waals surface area contributed by atoms with Gasteiger partial charge in [0.2, 0.25) is 0 Å². The van der Waals surface area contributed by atoms with Crippen LogP contribution in [0.1, 0.15) is 26.2 Å². The monoisotopic (exact) mass is 259 g/mol. The second kappa shape index (κ2) is 8.35. The Balaban J connectivity index is 2.42. The van der Waals surface area contributed by atoms with E-state index in [1.165, 1.54) is 43.9 Å². The number of nitrogens with zero attached hydrogens (tertiary/aromatic N) is 2. The molecule has 0 aromatic heterocycles. The fraction of sp³-hybridized carbons (Fsp3) is 1.00. The van der Waals surface area contributed by atoms with Gasteiger partial charge in [-0.25, -0.2) is 0 Å². The van der Waals surface area contributed by atoms with E-state index in [2.05, 4.69) is 30.8 Å². The van der Waals surface area contributed by atoms with Crippen LogP contribution in [0.3, 0.4) is 0 Å². The molecule has 1 aliphatic heterocycles. The molecule has 1 fully saturated rings. The number of hydrogen-bond acceptors (Lipinski definition) is 4. The molecular weight excluding hydrogens is 230 g/mol. The lowest BCUT2D eigenvalue weighted by Gasteiger charge is -2.33. The van der Waals surface area contributed by atoms with E-state index in [4.69, 9.17) is 5.73 Å². The lowest BCUT2D eigenvalue weighted by Crippen LogP contribution is -2.47. The Morgan fingerprint density at radius 3 is 2.82 bits per heavy atom. The number of likely N-dealkylation sites (N-methyl/N-ethyl adjacent to an activating group) is 1. The van der Waals surface area contributed by atoms with Gasteiger partial charge < -0.3 is 10.6 Å². The molecule has 2 unspecified atom stereocenters. The Labute approximate surface area is 111 Å². The maximum absolute atomic E-state index is 5.96. The zero-order chi connectivity index (χ0) is 12.7. The summed E-state index contributed by atoms with van der Waals surface area (Å²) in [5.74, 6) is 2.47. The lowest BCUT2D eigenvalue weighted by atomic mass is 10.1. The average molecular weight is 259 g/mol. The Hall–Kier alpha value is 0.230. The molecule has 0 amide bonds. The summed E-state index contributed by atoms with van der Waals surface area (Å²) < 4.78 is 0. The highest BCUT2D eigenvalue weighted by atomic mass is 32.2. The van der Waals surface area contributed by atoms with Crippen LogP contribution in [-0.4, -0.2) is 67.1 Å². The largest absolute Gasteiger partial charge is 0.329 e. The van der Waals surface area contributed by atoms with E-state index < -0.39 is 0 Å². The molecule has 0 aromatic rings. The van der Waals surface area contributed by atoms with Gasteiger partial charge in [-0.2, -0.15) is 11.8 Å². The quantitative estimate of drug-likeness (QED) is 0.669. The molecule has 102 valence electrons. The van der Waals surface area contributed by atoms with Crippen molar-refractivity contribution in [3.05, 3.63) is 0 Å². The second-order valence-corrected chi connectivity index (χ2v) is 6.57. The van der Waals surface area contributed by atoms with E-state index in [0.717, 1.165) is 12.6 Å². The number of likely N-dealkylation sites (tertiary alicyclic amines) is 1. The maximum atomic E-state index is 5.96. The molecule has 3 nitrogen and oxygen atoms in total. The van der Waals surface area contributed by atoms with Crippen LogP contribution in [0.5, 0.6) is 0 Å². The van der Waals surface area contributed by atoms with Crippen LogP contribution >= 0.6 is 11.8 Å². The van der Waals surface area contributed by atoms with Crippen molar-refractivity contribution in [3.8, 4) is 0 Å². The third-order valence-electron chi connectivity index (χ3n) is 3.54.